The second-order valence-electron chi connectivity index (χ2n) is 5.97. The van der Waals surface area contributed by atoms with Gasteiger partial charge in [-0.05, 0) is 37.4 Å². The molecule has 1 fully saturated rings. The van der Waals surface area contributed by atoms with E-state index in [9.17, 15) is 9.59 Å². The van der Waals surface area contributed by atoms with Crippen molar-refractivity contribution in [1.29, 1.82) is 0 Å². The first kappa shape index (κ1) is 19.4. The lowest BCUT2D eigenvalue weighted by Gasteiger charge is -2.26. The van der Waals surface area contributed by atoms with Crippen LogP contribution in [0.3, 0.4) is 0 Å². The average molecular weight is 327 g/mol. The maximum Gasteiger partial charge on any atom is 0.166 e. The number of hydroxylamine groups is 1. The van der Waals surface area contributed by atoms with Crippen molar-refractivity contribution in [3.63, 3.8) is 0 Å². The lowest BCUT2D eigenvalue weighted by atomic mass is 9.79. The molecule has 1 aliphatic rings. The van der Waals surface area contributed by atoms with E-state index in [-0.39, 0.29) is 17.5 Å². The Morgan fingerprint density at radius 3 is 2.45 bits per heavy atom. The highest BCUT2D eigenvalue weighted by molar-refractivity contribution is 7.99. The monoisotopic (exact) mass is 327 g/mol. The Morgan fingerprint density at radius 2 is 1.95 bits per heavy atom. The summed E-state index contributed by atoms with van der Waals surface area (Å²) in [5.41, 5.74) is 3.54. The summed E-state index contributed by atoms with van der Waals surface area (Å²) in [6.07, 6.45) is 4.12. The Balaban J connectivity index is 2.72. The molecule has 4 nitrogen and oxygen atoms in total. The predicted molar refractivity (Wildman–Crippen MR) is 91.3 cm³/mol. The highest BCUT2D eigenvalue weighted by Crippen LogP contribution is 2.32. The molecule has 0 radical (unpaired) electrons. The molecule has 2 N–H and O–H groups in total. The molecule has 0 bridgehead atoms. The number of Topliss-reactive ketones (excluding diaryl/α,β-unsaturated/α-hetero) is 2. The van der Waals surface area contributed by atoms with Crippen LogP contribution in [-0.2, 0) is 9.59 Å². The third-order valence-corrected chi connectivity index (χ3v) is 5.26. The number of hydrogen-bond acceptors (Lipinski definition) is 5. The zero-order valence-corrected chi connectivity index (χ0v) is 14.8. The first-order valence-corrected chi connectivity index (χ1v) is 9.35. The SMILES string of the molecule is CCSC(C)CC1CC(=O)C(=C(CC)CCCNO)C(=O)C1. The van der Waals surface area contributed by atoms with Gasteiger partial charge in [-0.15, -0.1) is 0 Å². The van der Waals surface area contributed by atoms with Crippen LogP contribution >= 0.6 is 11.8 Å². The van der Waals surface area contributed by atoms with E-state index in [1.165, 1.54) is 0 Å². The molecule has 22 heavy (non-hydrogen) atoms. The van der Waals surface area contributed by atoms with Crippen molar-refractivity contribution in [1.82, 2.24) is 5.48 Å². The summed E-state index contributed by atoms with van der Waals surface area (Å²) in [6.45, 7) is 6.77. The third-order valence-electron chi connectivity index (χ3n) is 4.17. The van der Waals surface area contributed by atoms with Gasteiger partial charge in [-0.1, -0.05) is 26.3 Å². The van der Waals surface area contributed by atoms with Crippen LogP contribution in [0.1, 0.15) is 59.3 Å². The summed E-state index contributed by atoms with van der Waals surface area (Å²) in [4.78, 5) is 24.9. The van der Waals surface area contributed by atoms with Crippen molar-refractivity contribution >= 4 is 23.3 Å². The molecular weight excluding hydrogens is 298 g/mol. The van der Waals surface area contributed by atoms with Crippen LogP contribution < -0.4 is 5.48 Å². The van der Waals surface area contributed by atoms with Crippen LogP contribution in [0.15, 0.2) is 11.1 Å². The molecule has 0 aromatic rings. The fourth-order valence-electron chi connectivity index (χ4n) is 3.20. The van der Waals surface area contributed by atoms with E-state index < -0.39 is 0 Å². The number of hydrogen-bond donors (Lipinski definition) is 2. The van der Waals surface area contributed by atoms with E-state index in [1.807, 2.05) is 18.7 Å². The number of allylic oxidation sites excluding steroid dienone is 2. The minimum Gasteiger partial charge on any atom is -0.317 e. The zero-order chi connectivity index (χ0) is 16.5. The molecule has 1 atom stereocenters. The van der Waals surface area contributed by atoms with Crippen LogP contribution in [0, 0.1) is 5.92 Å². The van der Waals surface area contributed by atoms with E-state index in [4.69, 9.17) is 5.21 Å². The van der Waals surface area contributed by atoms with Gasteiger partial charge in [-0.3, -0.25) is 9.59 Å². The molecule has 1 unspecified atom stereocenters. The summed E-state index contributed by atoms with van der Waals surface area (Å²) in [5.74, 6) is 1.34. The quantitative estimate of drug-likeness (QED) is 0.293. The molecule has 0 saturated heterocycles. The lowest BCUT2D eigenvalue weighted by Crippen LogP contribution is -2.28. The van der Waals surface area contributed by atoms with Gasteiger partial charge in [-0.25, -0.2) is 5.48 Å². The summed E-state index contributed by atoms with van der Waals surface area (Å²) in [5, 5.41) is 9.13. The van der Waals surface area contributed by atoms with Gasteiger partial charge in [0, 0.05) is 24.6 Å². The predicted octanol–water partition coefficient (Wildman–Crippen LogP) is 3.53. The van der Waals surface area contributed by atoms with Gasteiger partial charge in [0.2, 0.25) is 0 Å². The Kier molecular flexibility index (Phi) is 8.98. The van der Waals surface area contributed by atoms with Gasteiger partial charge < -0.3 is 5.21 Å². The van der Waals surface area contributed by atoms with E-state index in [1.54, 1.807) is 0 Å². The fourth-order valence-corrected chi connectivity index (χ4v) is 4.18. The Bertz CT molecular complexity index is 400. The highest BCUT2D eigenvalue weighted by atomic mass is 32.2. The summed E-state index contributed by atoms with van der Waals surface area (Å²) < 4.78 is 0. The lowest BCUT2D eigenvalue weighted by molar-refractivity contribution is -0.125. The van der Waals surface area contributed by atoms with Crippen LogP contribution in [0.5, 0.6) is 0 Å². The number of nitrogens with one attached hydrogen (secondary N) is 1. The van der Waals surface area contributed by atoms with E-state index in [0.717, 1.165) is 30.6 Å². The van der Waals surface area contributed by atoms with Gasteiger partial charge in [0.1, 0.15) is 0 Å². The van der Waals surface area contributed by atoms with Gasteiger partial charge in [-0.2, -0.15) is 11.8 Å². The largest absolute Gasteiger partial charge is 0.317 e. The third kappa shape index (κ3) is 5.86. The summed E-state index contributed by atoms with van der Waals surface area (Å²) in [6, 6.07) is 0. The summed E-state index contributed by atoms with van der Waals surface area (Å²) in [7, 11) is 0. The maximum atomic E-state index is 12.4. The molecule has 1 rings (SSSR count). The minimum absolute atomic E-state index is 0.0313. The molecule has 0 aliphatic heterocycles. The first-order chi connectivity index (χ1) is 10.5. The standard InChI is InChI=1S/C17H29NO3S/c1-4-14(7-6-8-18-21)17-15(19)10-13(11-16(17)20)9-12(3)22-5-2/h12-13,18,21H,4-11H2,1-3H3. The number of thioether (sulfide) groups is 1. The molecule has 5 heteroatoms. The number of rotatable bonds is 9. The van der Waals surface area contributed by atoms with Gasteiger partial charge in [0.25, 0.3) is 0 Å². The van der Waals surface area contributed by atoms with Crippen molar-refractivity contribution in [2.45, 2.75) is 64.5 Å². The van der Waals surface area contributed by atoms with Crippen LogP contribution in [0.25, 0.3) is 0 Å². The summed E-state index contributed by atoms with van der Waals surface area (Å²) >= 11 is 1.89. The zero-order valence-electron chi connectivity index (χ0n) is 14.0. The molecule has 0 aromatic carbocycles. The van der Waals surface area contributed by atoms with Gasteiger partial charge in [0.15, 0.2) is 11.6 Å². The van der Waals surface area contributed by atoms with Gasteiger partial charge >= 0.3 is 0 Å². The molecule has 0 aromatic heterocycles. The highest BCUT2D eigenvalue weighted by Gasteiger charge is 2.32. The molecular formula is C17H29NO3S. The molecule has 1 aliphatic carbocycles. The number of ketones is 2. The topological polar surface area (TPSA) is 66.4 Å². The van der Waals surface area contributed by atoms with Crippen LogP contribution in [0.2, 0.25) is 0 Å². The van der Waals surface area contributed by atoms with Crippen molar-refractivity contribution in [3.8, 4) is 0 Å². The minimum atomic E-state index is 0.0313. The van der Waals surface area contributed by atoms with Crippen molar-refractivity contribution in [2.24, 2.45) is 5.92 Å². The van der Waals surface area contributed by atoms with Crippen molar-refractivity contribution < 1.29 is 14.8 Å². The van der Waals surface area contributed by atoms with Crippen LogP contribution in [-0.4, -0.2) is 34.3 Å². The Hall–Kier alpha value is -0.650. The molecule has 0 heterocycles. The fraction of sp³-hybridized carbons (Fsp3) is 0.765. The van der Waals surface area contributed by atoms with E-state index in [2.05, 4.69) is 19.3 Å². The normalized spacial score (nSPS) is 20.4. The smallest absolute Gasteiger partial charge is 0.166 e. The Morgan fingerprint density at radius 1 is 1.32 bits per heavy atom. The second-order valence-corrected chi connectivity index (χ2v) is 7.68. The molecule has 0 amide bonds. The van der Waals surface area contributed by atoms with Crippen molar-refractivity contribution in [2.75, 3.05) is 12.3 Å². The molecule has 0 spiro atoms. The average Bonchev–Trinajstić information content (AvgIpc) is 2.45. The van der Waals surface area contributed by atoms with E-state index in [0.29, 0.717) is 36.6 Å². The van der Waals surface area contributed by atoms with Crippen molar-refractivity contribution in [3.05, 3.63) is 11.1 Å². The Labute approximate surface area is 138 Å². The van der Waals surface area contributed by atoms with Crippen LogP contribution in [0.4, 0.5) is 0 Å². The van der Waals surface area contributed by atoms with E-state index >= 15 is 0 Å². The van der Waals surface area contributed by atoms with Gasteiger partial charge in [0.05, 0.1) is 5.57 Å². The molecule has 126 valence electrons. The maximum absolute atomic E-state index is 12.4. The first-order valence-electron chi connectivity index (χ1n) is 8.30. The second kappa shape index (κ2) is 10.2. The molecule has 1 saturated carbocycles. The number of carbonyl (C=O) groups is 2. The number of carbonyl (C=O) groups excluding carboxylic acids is 2.